The molecule has 0 unspecified atom stereocenters. The number of nitrogens with zero attached hydrogens (tertiary/aromatic N) is 3. The number of aromatic nitrogens is 2. The average Bonchev–Trinajstić information content (AvgIpc) is 3.23. The van der Waals surface area contributed by atoms with Gasteiger partial charge in [0.2, 0.25) is 5.95 Å². The molecule has 3 aliphatic rings. The van der Waals surface area contributed by atoms with Gasteiger partial charge in [-0.1, -0.05) is 13.8 Å². The molecule has 1 aromatic rings. The molecule has 3 atom stereocenters. The second-order valence-electron chi connectivity index (χ2n) is 7.82. The molecule has 1 aromatic heterocycles. The second kappa shape index (κ2) is 7.73. The molecule has 0 radical (unpaired) electrons. The third-order valence-corrected chi connectivity index (χ3v) is 7.58. The van der Waals surface area contributed by atoms with Crippen LogP contribution in [0, 0.1) is 11.8 Å². The van der Waals surface area contributed by atoms with Crippen molar-refractivity contribution in [3.8, 4) is 0 Å². The van der Waals surface area contributed by atoms with Crippen LogP contribution in [0.3, 0.4) is 0 Å². The van der Waals surface area contributed by atoms with Gasteiger partial charge >= 0.3 is 6.18 Å². The second-order valence-corrected chi connectivity index (χ2v) is 10.1. The van der Waals surface area contributed by atoms with Crippen molar-refractivity contribution in [1.82, 2.24) is 14.9 Å². The van der Waals surface area contributed by atoms with Gasteiger partial charge in [-0.05, 0) is 31.1 Å². The summed E-state index contributed by atoms with van der Waals surface area (Å²) < 4.78 is 63.7. The molecule has 0 spiro atoms. The summed E-state index contributed by atoms with van der Waals surface area (Å²) in [5, 5.41) is 3.01. The summed E-state index contributed by atoms with van der Waals surface area (Å²) in [4.78, 5) is 21.3. The van der Waals surface area contributed by atoms with Crippen molar-refractivity contribution in [3.05, 3.63) is 17.5 Å². The summed E-state index contributed by atoms with van der Waals surface area (Å²) in [6.07, 6.45) is 0.285. The van der Waals surface area contributed by atoms with Gasteiger partial charge in [-0.2, -0.15) is 13.2 Å². The number of hydrogen-bond donors (Lipinski definition) is 1. The quantitative estimate of drug-likeness (QED) is 0.786. The fraction of sp³-hybridized carbons (Fsp3) is 0.722. The zero-order chi connectivity index (χ0) is 20.1. The molecular formula is C18H25F3N4O3S. The molecule has 7 nitrogen and oxygen atoms in total. The van der Waals surface area contributed by atoms with Crippen molar-refractivity contribution in [2.75, 3.05) is 29.9 Å². The third-order valence-electron chi connectivity index (χ3n) is 5.97. The van der Waals surface area contributed by atoms with Crippen LogP contribution in [-0.2, 0) is 16.0 Å². The molecule has 0 aromatic carbocycles. The Morgan fingerprint density at radius 3 is 2.41 bits per heavy atom. The first kappa shape index (κ1) is 21.8. The first-order valence-electron chi connectivity index (χ1n) is 9.33. The fourth-order valence-corrected chi connectivity index (χ4v) is 5.70. The molecule has 2 bridgehead atoms. The molecule has 4 rings (SSSR count). The van der Waals surface area contributed by atoms with Crippen LogP contribution in [-0.4, -0.2) is 59.8 Å². The summed E-state index contributed by atoms with van der Waals surface area (Å²) in [5.74, 6) is -0.493. The number of hydrogen-bond acceptors (Lipinski definition) is 6. The van der Waals surface area contributed by atoms with Crippen LogP contribution in [0.5, 0.6) is 0 Å². The molecule has 1 aliphatic heterocycles. The largest absolute Gasteiger partial charge is 0.434 e. The van der Waals surface area contributed by atoms with Gasteiger partial charge < -0.3 is 10.2 Å². The molecule has 3 fully saturated rings. The number of fused-ring (bicyclic) bond motifs is 2. The molecule has 11 heteroatoms. The Balaban J connectivity index is 0.00000240. The van der Waals surface area contributed by atoms with Gasteiger partial charge in [0.25, 0.3) is 5.91 Å². The van der Waals surface area contributed by atoms with Crippen molar-refractivity contribution in [2.24, 2.45) is 11.8 Å². The van der Waals surface area contributed by atoms with Gasteiger partial charge in [-0.25, -0.2) is 18.4 Å². The minimum Gasteiger partial charge on any atom is -0.351 e. The topological polar surface area (TPSA) is 92.3 Å². The average molecular weight is 434 g/mol. The maximum Gasteiger partial charge on any atom is 0.434 e. The number of amides is 1. The Morgan fingerprint density at radius 1 is 1.17 bits per heavy atom. The van der Waals surface area contributed by atoms with Crippen LogP contribution >= 0.6 is 0 Å². The van der Waals surface area contributed by atoms with Crippen molar-refractivity contribution in [3.63, 3.8) is 0 Å². The monoisotopic (exact) mass is 434 g/mol. The molecule has 2 saturated carbocycles. The molecule has 1 saturated heterocycles. The Labute approximate surface area is 168 Å². The van der Waals surface area contributed by atoms with E-state index < -0.39 is 33.2 Å². The van der Waals surface area contributed by atoms with Crippen molar-refractivity contribution in [1.29, 1.82) is 0 Å². The van der Waals surface area contributed by atoms with Gasteiger partial charge in [0.05, 0.1) is 17.1 Å². The maximum absolute atomic E-state index is 13.6. The van der Waals surface area contributed by atoms with E-state index in [2.05, 4.69) is 15.3 Å². The van der Waals surface area contributed by atoms with Crippen LogP contribution in [0.1, 0.15) is 49.2 Å². The van der Waals surface area contributed by atoms with E-state index in [-0.39, 0.29) is 44.0 Å². The highest BCUT2D eigenvalue weighted by Gasteiger charge is 2.42. The van der Waals surface area contributed by atoms with E-state index in [1.807, 2.05) is 0 Å². The minimum atomic E-state index is -4.82. The number of alkyl halides is 3. The van der Waals surface area contributed by atoms with Crippen molar-refractivity contribution < 1.29 is 26.4 Å². The van der Waals surface area contributed by atoms with Gasteiger partial charge in [-0.15, -0.1) is 0 Å². The molecule has 29 heavy (non-hydrogen) atoms. The summed E-state index contributed by atoms with van der Waals surface area (Å²) >= 11 is 0. The zero-order valence-electron chi connectivity index (χ0n) is 15.1. The highest BCUT2D eigenvalue weighted by atomic mass is 32.2. The van der Waals surface area contributed by atoms with Crippen LogP contribution in [0.2, 0.25) is 0 Å². The van der Waals surface area contributed by atoms with Crippen molar-refractivity contribution in [2.45, 2.75) is 45.3 Å². The van der Waals surface area contributed by atoms with Crippen LogP contribution < -0.4 is 5.32 Å². The van der Waals surface area contributed by atoms with Crippen molar-refractivity contribution >= 4 is 21.7 Å². The van der Waals surface area contributed by atoms with Crippen LogP contribution in [0.4, 0.5) is 19.1 Å². The highest BCUT2D eigenvalue weighted by Crippen LogP contribution is 2.45. The first-order chi connectivity index (χ1) is 13.1. The number of rotatable bonds is 3. The van der Waals surface area contributed by atoms with E-state index in [9.17, 15) is 26.4 Å². The van der Waals surface area contributed by atoms with Gasteiger partial charge in [0, 0.05) is 25.3 Å². The van der Waals surface area contributed by atoms with Gasteiger partial charge in [0.15, 0.2) is 15.5 Å². The Hall–Kier alpha value is -1.91. The van der Waals surface area contributed by atoms with E-state index in [1.165, 1.54) is 0 Å². The van der Waals surface area contributed by atoms with E-state index >= 15 is 0 Å². The number of nitrogens with one attached hydrogen (secondary N) is 1. The lowest BCUT2D eigenvalue weighted by Crippen LogP contribution is -2.44. The van der Waals surface area contributed by atoms with E-state index in [1.54, 1.807) is 0 Å². The van der Waals surface area contributed by atoms with Crippen LogP contribution in [0.15, 0.2) is 6.20 Å². The lowest BCUT2D eigenvalue weighted by molar-refractivity contribution is -0.141. The minimum absolute atomic E-state index is 0. The number of anilines is 1. The maximum atomic E-state index is 13.6. The highest BCUT2D eigenvalue weighted by molar-refractivity contribution is 7.91. The zero-order valence-corrected chi connectivity index (χ0v) is 15.9. The predicted octanol–water partition coefficient (Wildman–Crippen LogP) is 2.60. The molecular weight excluding hydrogens is 409 g/mol. The van der Waals surface area contributed by atoms with Gasteiger partial charge in [-0.3, -0.25) is 4.79 Å². The summed E-state index contributed by atoms with van der Waals surface area (Å²) in [6, 6.07) is 0.0636. The molecule has 2 aliphatic carbocycles. The Kier molecular flexibility index (Phi) is 5.81. The molecule has 1 amide bonds. The lowest BCUT2D eigenvalue weighted by Gasteiger charge is -2.27. The summed E-state index contributed by atoms with van der Waals surface area (Å²) in [7, 11) is -3.25. The number of sulfone groups is 1. The number of carbonyl (C=O) groups is 1. The summed E-state index contributed by atoms with van der Waals surface area (Å²) in [5.41, 5.74) is -1.93. The van der Waals surface area contributed by atoms with Gasteiger partial charge in [0.1, 0.15) is 0 Å². The van der Waals surface area contributed by atoms with Crippen LogP contribution in [0.25, 0.3) is 0 Å². The fourth-order valence-electron chi connectivity index (χ4n) is 4.50. The smallest absolute Gasteiger partial charge is 0.351 e. The lowest BCUT2D eigenvalue weighted by atomic mass is 9.95. The standard InChI is InChI=1S/C17H21F3N4O3S.CH4/c18-17(19,20)14-12(15(25)24-3-5-28(26,27)6-4-24)9-21-16(23-14)22-13-8-10-1-2-11(13)7-10;/h9-11,13H,1-8H2,(H,21,22,23);1H4/t10-,11+,13-;/m0./s1. The van der Waals surface area contributed by atoms with E-state index in [0.29, 0.717) is 11.8 Å². The van der Waals surface area contributed by atoms with E-state index in [0.717, 1.165) is 36.8 Å². The van der Waals surface area contributed by atoms with E-state index in [4.69, 9.17) is 0 Å². The first-order valence-corrected chi connectivity index (χ1v) is 11.1. The summed E-state index contributed by atoms with van der Waals surface area (Å²) in [6.45, 7) is -0.271. The number of halogens is 3. The SMILES string of the molecule is C.O=C(c1cnc(N[C@H]2C[C@H]3CC[C@@H]2C3)nc1C(F)(F)F)N1CCS(=O)(=O)CC1. The molecule has 2 heterocycles. The Bertz CT molecular complexity index is 877. The molecule has 1 N–H and O–H groups in total. The third kappa shape index (κ3) is 4.49. The number of carbonyl (C=O) groups excluding carboxylic acids is 1. The predicted molar refractivity (Wildman–Crippen MR) is 101 cm³/mol. The normalized spacial score (nSPS) is 28.1. The molecule has 162 valence electrons. The Morgan fingerprint density at radius 2 is 1.86 bits per heavy atom.